The lowest BCUT2D eigenvalue weighted by Gasteiger charge is -2.38. The molecule has 1 aromatic rings. The van der Waals surface area contributed by atoms with E-state index in [1.807, 2.05) is 6.92 Å². The van der Waals surface area contributed by atoms with Gasteiger partial charge in [0.2, 0.25) is 15.9 Å². The van der Waals surface area contributed by atoms with Crippen molar-refractivity contribution in [1.82, 2.24) is 9.21 Å². The number of aliphatic hydroxyl groups is 2. The van der Waals surface area contributed by atoms with Gasteiger partial charge in [-0.1, -0.05) is 38.0 Å². The minimum absolute atomic E-state index is 0.00484. The quantitative estimate of drug-likeness (QED) is 0.578. The van der Waals surface area contributed by atoms with E-state index in [2.05, 4.69) is 11.8 Å². The van der Waals surface area contributed by atoms with Crippen LogP contribution in [-0.4, -0.2) is 78.2 Å². The number of likely N-dealkylation sites (N-methyl/N-ethyl adjacent to an activating group) is 1. The molecule has 1 saturated carbocycles. The van der Waals surface area contributed by atoms with Gasteiger partial charge in [-0.3, -0.25) is 4.79 Å². The van der Waals surface area contributed by atoms with Gasteiger partial charge < -0.3 is 19.8 Å². The van der Waals surface area contributed by atoms with Crippen LogP contribution in [0.15, 0.2) is 23.1 Å². The summed E-state index contributed by atoms with van der Waals surface area (Å²) in [6.45, 7) is 6.86. The van der Waals surface area contributed by atoms with Gasteiger partial charge in [-0.25, -0.2) is 8.42 Å². The first kappa shape index (κ1) is 28.5. The number of carbonyl (C=O) groups excluding carboxylic acids is 1. The van der Waals surface area contributed by atoms with Crippen molar-refractivity contribution in [3.8, 4) is 17.6 Å². The predicted octanol–water partition coefficient (Wildman–Crippen LogP) is 2.62. The number of rotatable bonds is 5. The van der Waals surface area contributed by atoms with Gasteiger partial charge in [-0.2, -0.15) is 4.31 Å². The van der Waals surface area contributed by atoms with Crippen molar-refractivity contribution >= 4 is 15.9 Å². The average molecular weight is 521 g/mol. The van der Waals surface area contributed by atoms with Crippen LogP contribution in [-0.2, 0) is 14.8 Å². The maximum atomic E-state index is 13.6. The second-order valence-electron chi connectivity index (χ2n) is 10.8. The highest BCUT2D eigenvalue weighted by Crippen LogP contribution is 2.34. The van der Waals surface area contributed by atoms with Crippen LogP contribution in [0.2, 0.25) is 0 Å². The second kappa shape index (κ2) is 11.5. The molecule has 1 fully saturated rings. The number of ether oxygens (including phenoxy) is 1. The molecule has 36 heavy (non-hydrogen) atoms. The van der Waals surface area contributed by atoms with Crippen LogP contribution in [0.25, 0.3) is 0 Å². The number of amides is 1. The second-order valence-corrected chi connectivity index (χ2v) is 12.6. The summed E-state index contributed by atoms with van der Waals surface area (Å²) in [5.74, 6) is 5.64. The molecule has 9 heteroatoms. The largest absolute Gasteiger partial charge is 0.487 e. The van der Waals surface area contributed by atoms with E-state index >= 15 is 0 Å². The van der Waals surface area contributed by atoms with Crippen LogP contribution in [0, 0.1) is 23.7 Å². The number of fused-ring (bicyclic) bond motifs is 1. The molecule has 1 amide bonds. The molecule has 0 saturated heterocycles. The van der Waals surface area contributed by atoms with Crippen LogP contribution in [0.4, 0.5) is 0 Å². The van der Waals surface area contributed by atoms with Gasteiger partial charge in [0.15, 0.2) is 0 Å². The minimum atomic E-state index is -3.96. The van der Waals surface area contributed by atoms with E-state index in [0.29, 0.717) is 12.1 Å². The molecule has 0 bridgehead atoms. The van der Waals surface area contributed by atoms with Gasteiger partial charge in [0.1, 0.15) is 22.4 Å². The first-order chi connectivity index (χ1) is 16.8. The van der Waals surface area contributed by atoms with Gasteiger partial charge >= 0.3 is 0 Å². The zero-order chi connectivity index (χ0) is 26.7. The lowest BCUT2D eigenvalue weighted by atomic mass is 9.88. The fourth-order valence-corrected chi connectivity index (χ4v) is 6.59. The average Bonchev–Trinajstić information content (AvgIpc) is 2.83. The number of carbonyl (C=O) groups is 1. The summed E-state index contributed by atoms with van der Waals surface area (Å²) in [5.41, 5.74) is -0.699. The summed E-state index contributed by atoms with van der Waals surface area (Å²) in [4.78, 5) is 14.8. The molecule has 2 N–H and O–H groups in total. The SMILES string of the molecule is C[C@@H]1CN([C@@H](C)CO)S(=O)(=O)c2ccc(C#CC(C)(C)O)cc2O[C@H]1CN(C)C(=O)C1CCCCC1. The van der Waals surface area contributed by atoms with Crippen LogP contribution in [0.5, 0.6) is 5.75 Å². The lowest BCUT2D eigenvalue weighted by molar-refractivity contribution is -0.136. The summed E-state index contributed by atoms with van der Waals surface area (Å²) in [6.07, 6.45) is 4.62. The van der Waals surface area contributed by atoms with E-state index in [1.54, 1.807) is 44.9 Å². The number of nitrogens with zero attached hydrogens (tertiary/aromatic N) is 2. The Morgan fingerprint density at radius 2 is 1.94 bits per heavy atom. The highest BCUT2D eigenvalue weighted by atomic mass is 32.2. The first-order valence-electron chi connectivity index (χ1n) is 12.8. The number of sulfonamides is 1. The van der Waals surface area contributed by atoms with Crippen molar-refractivity contribution in [2.24, 2.45) is 11.8 Å². The zero-order valence-corrected chi connectivity index (χ0v) is 22.8. The van der Waals surface area contributed by atoms with Crippen molar-refractivity contribution in [3.05, 3.63) is 23.8 Å². The number of hydrogen-bond donors (Lipinski definition) is 2. The monoisotopic (exact) mass is 520 g/mol. The Morgan fingerprint density at radius 3 is 2.56 bits per heavy atom. The van der Waals surface area contributed by atoms with Crippen molar-refractivity contribution < 1.29 is 28.2 Å². The Hall–Kier alpha value is -2.12. The Bertz CT molecular complexity index is 1100. The Balaban J connectivity index is 1.99. The van der Waals surface area contributed by atoms with E-state index in [0.717, 1.165) is 25.7 Å². The topological polar surface area (TPSA) is 107 Å². The molecule has 0 radical (unpaired) electrons. The third-order valence-electron chi connectivity index (χ3n) is 6.96. The molecule has 1 aliphatic heterocycles. The van der Waals surface area contributed by atoms with E-state index in [1.165, 1.54) is 16.8 Å². The molecule has 200 valence electrons. The summed E-state index contributed by atoms with van der Waals surface area (Å²) in [6, 6.07) is 3.99. The molecule has 8 nitrogen and oxygen atoms in total. The Labute approximate surface area is 215 Å². The predicted molar refractivity (Wildman–Crippen MR) is 138 cm³/mol. The van der Waals surface area contributed by atoms with Crippen molar-refractivity contribution in [2.75, 3.05) is 26.7 Å². The zero-order valence-electron chi connectivity index (χ0n) is 22.0. The highest BCUT2D eigenvalue weighted by Gasteiger charge is 2.38. The van der Waals surface area contributed by atoms with Gasteiger partial charge in [0.25, 0.3) is 0 Å². The lowest BCUT2D eigenvalue weighted by Crippen LogP contribution is -2.50. The fourth-order valence-electron chi connectivity index (χ4n) is 4.77. The third-order valence-corrected chi connectivity index (χ3v) is 8.98. The Kier molecular flexibility index (Phi) is 9.10. The van der Waals surface area contributed by atoms with Gasteiger partial charge in [0.05, 0.1) is 13.2 Å². The smallest absolute Gasteiger partial charge is 0.247 e. The third kappa shape index (κ3) is 6.80. The normalized spacial score (nSPS) is 23.8. The standard InChI is InChI=1S/C27H40N2O6S/c1-19-16-29(20(2)18-30)36(33,34)25-12-11-21(13-14-27(3,4)32)15-23(25)35-24(19)17-28(5)26(31)22-9-7-6-8-10-22/h11-12,15,19-20,22,24,30,32H,6-10,16-18H2,1-5H3/t19-,20+,24+/m1/s1. The van der Waals surface area contributed by atoms with E-state index in [-0.39, 0.29) is 41.5 Å². The van der Waals surface area contributed by atoms with Crippen LogP contribution in [0.3, 0.4) is 0 Å². The van der Waals surface area contributed by atoms with Crippen molar-refractivity contribution in [1.29, 1.82) is 0 Å². The maximum absolute atomic E-state index is 13.6. The van der Waals surface area contributed by atoms with Gasteiger partial charge in [-0.15, -0.1) is 0 Å². The molecule has 0 unspecified atom stereocenters. The fraction of sp³-hybridized carbons (Fsp3) is 0.667. The number of hydrogen-bond acceptors (Lipinski definition) is 6. The summed E-state index contributed by atoms with van der Waals surface area (Å²) >= 11 is 0. The minimum Gasteiger partial charge on any atom is -0.487 e. The molecular weight excluding hydrogens is 480 g/mol. The molecule has 3 atom stereocenters. The molecule has 3 rings (SSSR count). The van der Waals surface area contributed by atoms with Crippen molar-refractivity contribution in [3.63, 3.8) is 0 Å². The number of benzene rings is 1. The van der Waals surface area contributed by atoms with Crippen LogP contribution in [0.1, 0.15) is 65.4 Å². The van der Waals surface area contributed by atoms with E-state index in [4.69, 9.17) is 4.74 Å². The Morgan fingerprint density at radius 1 is 1.28 bits per heavy atom. The summed E-state index contributed by atoms with van der Waals surface area (Å²) < 4.78 is 34.8. The van der Waals surface area contributed by atoms with E-state index < -0.39 is 27.8 Å². The van der Waals surface area contributed by atoms with Gasteiger partial charge in [0, 0.05) is 37.0 Å². The molecule has 1 aromatic carbocycles. The molecule has 1 aliphatic carbocycles. The first-order valence-corrected chi connectivity index (χ1v) is 14.2. The number of aliphatic hydroxyl groups excluding tert-OH is 1. The van der Waals surface area contributed by atoms with Crippen LogP contribution >= 0.6 is 0 Å². The highest BCUT2D eigenvalue weighted by molar-refractivity contribution is 7.89. The summed E-state index contributed by atoms with van der Waals surface area (Å²) in [5, 5.41) is 19.8. The van der Waals surface area contributed by atoms with Crippen molar-refractivity contribution in [2.45, 2.75) is 82.4 Å². The molecular formula is C27H40N2O6S. The van der Waals surface area contributed by atoms with Gasteiger partial charge in [-0.05, 0) is 51.8 Å². The van der Waals surface area contributed by atoms with Crippen LogP contribution < -0.4 is 4.74 Å². The molecule has 0 spiro atoms. The molecule has 2 aliphatic rings. The summed E-state index contributed by atoms with van der Waals surface area (Å²) in [7, 11) is -2.18. The maximum Gasteiger partial charge on any atom is 0.247 e. The molecule has 1 heterocycles. The molecule has 0 aromatic heterocycles. The van der Waals surface area contributed by atoms with E-state index in [9.17, 15) is 23.4 Å².